The lowest BCUT2D eigenvalue weighted by molar-refractivity contribution is 1.21. The van der Waals surface area contributed by atoms with Crippen LogP contribution in [0.1, 0.15) is 31.3 Å². The minimum atomic E-state index is 1.06. The van der Waals surface area contributed by atoms with E-state index >= 15 is 0 Å². The van der Waals surface area contributed by atoms with Crippen molar-refractivity contribution in [1.29, 1.82) is 0 Å². The highest BCUT2D eigenvalue weighted by atomic mass is 32.1. The summed E-state index contributed by atoms with van der Waals surface area (Å²) in [5, 5.41) is 3.05. The Balaban J connectivity index is 0.000000396. The number of hydrogen-bond acceptors (Lipinski definition) is 3. The smallest absolute Gasteiger partial charge is 0.0829 e. The Labute approximate surface area is 83.0 Å². The predicted octanol–water partition coefficient (Wildman–Crippen LogP) is 3.10. The van der Waals surface area contributed by atoms with Crippen LogP contribution in [-0.2, 0) is 0 Å². The fourth-order valence-electron chi connectivity index (χ4n) is 1.03. The minimum absolute atomic E-state index is 1.06. The van der Waals surface area contributed by atoms with E-state index in [0.29, 0.717) is 0 Å². The first-order chi connectivity index (χ1) is 6.38. The lowest BCUT2D eigenvalue weighted by Gasteiger charge is -1.93. The second kappa shape index (κ2) is 4.82. The lowest BCUT2D eigenvalue weighted by atomic mass is 10.2. The Bertz CT molecular complexity index is 323. The van der Waals surface area contributed by atoms with Gasteiger partial charge in [-0.1, -0.05) is 13.8 Å². The molecule has 70 valence electrons. The van der Waals surface area contributed by atoms with Crippen LogP contribution in [0, 0.1) is 0 Å². The number of nitrogens with one attached hydrogen (secondary N) is 1. The van der Waals surface area contributed by atoms with Crippen LogP contribution < -0.4 is 5.32 Å². The van der Waals surface area contributed by atoms with Crippen LogP contribution in [0.3, 0.4) is 0 Å². The molecule has 2 nitrogen and oxygen atoms in total. The maximum Gasteiger partial charge on any atom is 0.0829 e. The van der Waals surface area contributed by atoms with Crippen LogP contribution in [0.5, 0.6) is 0 Å². The summed E-state index contributed by atoms with van der Waals surface area (Å²) in [6.07, 6.45) is 5.87. The highest BCUT2D eigenvalue weighted by molar-refractivity contribution is 7.11. The monoisotopic (exact) mass is 194 g/mol. The maximum absolute atomic E-state index is 4.22. The lowest BCUT2D eigenvalue weighted by Crippen LogP contribution is -1.89. The molecule has 0 fully saturated rings. The maximum atomic E-state index is 4.22. The summed E-state index contributed by atoms with van der Waals surface area (Å²) in [6.45, 7) is 6.08. The van der Waals surface area contributed by atoms with Crippen LogP contribution in [0.25, 0.3) is 11.6 Å². The topological polar surface area (TPSA) is 24.9 Å². The molecular weight excluding hydrogens is 180 g/mol. The number of nitrogens with zero attached hydrogens (tertiary/aromatic N) is 1. The summed E-state index contributed by atoms with van der Waals surface area (Å²) in [7, 11) is 0. The Morgan fingerprint density at radius 2 is 2.15 bits per heavy atom. The van der Waals surface area contributed by atoms with Crippen molar-refractivity contribution in [1.82, 2.24) is 10.3 Å². The van der Waals surface area contributed by atoms with Gasteiger partial charge in [-0.25, -0.2) is 4.98 Å². The molecule has 3 heteroatoms. The minimum Gasteiger partial charge on any atom is -0.367 e. The van der Waals surface area contributed by atoms with Gasteiger partial charge in [-0.2, -0.15) is 0 Å². The molecule has 2 rings (SSSR count). The van der Waals surface area contributed by atoms with E-state index in [1.807, 2.05) is 37.8 Å². The summed E-state index contributed by atoms with van der Waals surface area (Å²) < 4.78 is 0. The molecule has 0 amide bonds. The summed E-state index contributed by atoms with van der Waals surface area (Å²) in [4.78, 5) is 5.47. The molecule has 0 aromatic carbocycles. The zero-order valence-electron chi connectivity index (χ0n) is 8.16. The summed E-state index contributed by atoms with van der Waals surface area (Å²) in [5.74, 6) is 0. The molecule has 1 aromatic rings. The van der Waals surface area contributed by atoms with Crippen molar-refractivity contribution < 1.29 is 0 Å². The van der Waals surface area contributed by atoms with Gasteiger partial charge in [0.25, 0.3) is 0 Å². The van der Waals surface area contributed by atoms with Gasteiger partial charge in [0.2, 0.25) is 0 Å². The van der Waals surface area contributed by atoms with E-state index in [1.165, 1.54) is 10.5 Å². The van der Waals surface area contributed by atoms with Crippen LogP contribution in [-0.4, -0.2) is 4.98 Å². The van der Waals surface area contributed by atoms with Gasteiger partial charge in [-0.15, -0.1) is 11.3 Å². The quantitative estimate of drug-likeness (QED) is 0.686. The predicted molar refractivity (Wildman–Crippen MR) is 59.3 cm³/mol. The molecule has 0 bridgehead atoms. The van der Waals surface area contributed by atoms with Crippen molar-refractivity contribution in [3.63, 3.8) is 0 Å². The molecule has 1 aliphatic heterocycles. The summed E-state index contributed by atoms with van der Waals surface area (Å²) >= 11 is 1.68. The number of thiazole rings is 1. The number of fused-ring (bicyclic) bond motifs is 1. The zero-order valence-corrected chi connectivity index (χ0v) is 8.98. The van der Waals surface area contributed by atoms with E-state index in [4.69, 9.17) is 0 Å². The standard InChI is InChI=1S/C8H8N2S.C2H6/c1-6-4-9-3-2-7-8(6)11-5-10-7;1-2/h2-5,9H,1H3;1-2H3. The number of allylic oxidation sites excluding steroid dienone is 1. The highest BCUT2D eigenvalue weighted by Gasteiger charge is 2.05. The normalized spacial score (nSPS) is 13.0. The third-order valence-electron chi connectivity index (χ3n) is 1.59. The van der Waals surface area contributed by atoms with E-state index < -0.39 is 0 Å². The Morgan fingerprint density at radius 1 is 1.38 bits per heavy atom. The van der Waals surface area contributed by atoms with Crippen LogP contribution in [0.15, 0.2) is 17.9 Å². The van der Waals surface area contributed by atoms with Crippen molar-refractivity contribution in [2.45, 2.75) is 20.8 Å². The molecule has 13 heavy (non-hydrogen) atoms. The molecule has 1 N–H and O–H groups in total. The second-order valence-corrected chi connectivity index (χ2v) is 3.25. The third-order valence-corrected chi connectivity index (χ3v) is 2.57. The van der Waals surface area contributed by atoms with Crippen molar-refractivity contribution in [3.05, 3.63) is 28.5 Å². The highest BCUT2D eigenvalue weighted by Crippen LogP contribution is 2.24. The molecule has 0 radical (unpaired) electrons. The average molecular weight is 194 g/mol. The first-order valence-electron chi connectivity index (χ1n) is 4.41. The molecule has 0 spiro atoms. The molecular formula is C10H14N2S. The zero-order chi connectivity index (χ0) is 9.68. The van der Waals surface area contributed by atoms with Crippen LogP contribution in [0.2, 0.25) is 0 Å². The van der Waals surface area contributed by atoms with Crippen molar-refractivity contribution in [3.8, 4) is 0 Å². The van der Waals surface area contributed by atoms with E-state index in [0.717, 1.165) is 5.69 Å². The van der Waals surface area contributed by atoms with Gasteiger partial charge in [0.05, 0.1) is 16.1 Å². The van der Waals surface area contributed by atoms with E-state index in [2.05, 4.69) is 17.2 Å². The third kappa shape index (κ3) is 2.18. The SMILES string of the molecule is CC.CC1=CNC=Cc2ncsc21. The molecule has 0 atom stereocenters. The first-order valence-corrected chi connectivity index (χ1v) is 5.29. The average Bonchev–Trinajstić information content (AvgIpc) is 2.57. The summed E-state index contributed by atoms with van der Waals surface area (Å²) in [5.41, 5.74) is 4.18. The number of rotatable bonds is 0. The Kier molecular flexibility index (Phi) is 3.71. The largest absolute Gasteiger partial charge is 0.367 e. The Morgan fingerprint density at radius 3 is 2.92 bits per heavy atom. The molecule has 0 unspecified atom stereocenters. The number of hydrogen-bond donors (Lipinski definition) is 1. The fourth-order valence-corrected chi connectivity index (χ4v) is 1.79. The van der Waals surface area contributed by atoms with Crippen molar-refractivity contribution >= 4 is 23.0 Å². The Hall–Kier alpha value is -1.09. The van der Waals surface area contributed by atoms with Crippen LogP contribution >= 0.6 is 11.3 Å². The van der Waals surface area contributed by atoms with Gasteiger partial charge in [0.1, 0.15) is 0 Å². The van der Waals surface area contributed by atoms with Gasteiger partial charge in [-0.3, -0.25) is 0 Å². The second-order valence-electron chi connectivity index (χ2n) is 2.39. The van der Waals surface area contributed by atoms with Gasteiger partial charge in [0, 0.05) is 12.4 Å². The van der Waals surface area contributed by atoms with E-state index in [9.17, 15) is 0 Å². The van der Waals surface area contributed by atoms with Gasteiger partial charge in [0.15, 0.2) is 0 Å². The van der Waals surface area contributed by atoms with Gasteiger partial charge in [-0.05, 0) is 18.6 Å². The molecule has 2 heterocycles. The molecule has 1 aromatic heterocycles. The fraction of sp³-hybridized carbons (Fsp3) is 0.300. The van der Waals surface area contributed by atoms with E-state index in [-0.39, 0.29) is 0 Å². The molecule has 0 aliphatic carbocycles. The van der Waals surface area contributed by atoms with Gasteiger partial charge >= 0.3 is 0 Å². The number of aromatic nitrogens is 1. The van der Waals surface area contributed by atoms with E-state index in [1.54, 1.807) is 11.3 Å². The van der Waals surface area contributed by atoms with Crippen LogP contribution in [0.4, 0.5) is 0 Å². The molecule has 1 aliphatic rings. The van der Waals surface area contributed by atoms with Gasteiger partial charge < -0.3 is 5.32 Å². The molecule has 0 saturated carbocycles. The first kappa shape index (κ1) is 9.99. The van der Waals surface area contributed by atoms with Crippen molar-refractivity contribution in [2.75, 3.05) is 0 Å². The summed E-state index contributed by atoms with van der Waals surface area (Å²) in [6, 6.07) is 0. The molecule has 0 saturated heterocycles. The van der Waals surface area contributed by atoms with Crippen molar-refractivity contribution in [2.24, 2.45) is 0 Å².